The lowest BCUT2D eigenvalue weighted by molar-refractivity contribution is 0.0938. The van der Waals surface area contributed by atoms with E-state index in [0.29, 0.717) is 12.2 Å². The Bertz CT molecular complexity index is 814. The molecule has 0 aliphatic carbocycles. The second-order valence-electron chi connectivity index (χ2n) is 5.36. The fourth-order valence-electron chi connectivity index (χ4n) is 2.37. The van der Waals surface area contributed by atoms with Gasteiger partial charge in [0.25, 0.3) is 5.91 Å². The van der Waals surface area contributed by atoms with Crippen molar-refractivity contribution in [1.29, 1.82) is 0 Å². The Morgan fingerprint density at radius 3 is 2.71 bits per heavy atom. The minimum absolute atomic E-state index is 0.150. The van der Waals surface area contributed by atoms with Crippen LogP contribution >= 0.6 is 0 Å². The number of nitrogens with one attached hydrogen (secondary N) is 1. The topological polar surface area (TPSA) is 88.2 Å². The van der Waals surface area contributed by atoms with Crippen LogP contribution in [0.4, 0.5) is 0 Å². The zero-order valence-corrected chi connectivity index (χ0v) is 13.1. The van der Waals surface area contributed by atoms with Crippen molar-refractivity contribution < 1.29 is 14.4 Å². The van der Waals surface area contributed by atoms with E-state index < -0.39 is 6.10 Å². The number of hydrogen-bond donors (Lipinski definition) is 2. The van der Waals surface area contributed by atoms with Gasteiger partial charge < -0.3 is 14.9 Å². The van der Waals surface area contributed by atoms with E-state index in [-0.39, 0.29) is 17.2 Å². The summed E-state index contributed by atoms with van der Waals surface area (Å²) in [5, 5.41) is 16.7. The molecule has 0 unspecified atom stereocenters. The summed E-state index contributed by atoms with van der Waals surface area (Å²) in [7, 11) is 0. The lowest BCUT2D eigenvalue weighted by atomic mass is 10.0. The Labute approximate surface area is 139 Å². The molecule has 6 nitrogen and oxygen atoms in total. The number of carbonyl (C=O) groups is 1. The summed E-state index contributed by atoms with van der Waals surface area (Å²) < 4.78 is 5.21. The fourth-order valence-corrected chi connectivity index (χ4v) is 2.37. The highest BCUT2D eigenvalue weighted by atomic mass is 16.5. The number of aliphatic hydroxyl groups is 1. The lowest BCUT2D eigenvalue weighted by Crippen LogP contribution is -2.24. The molecule has 0 fully saturated rings. The van der Waals surface area contributed by atoms with Gasteiger partial charge in [-0.2, -0.15) is 0 Å². The van der Waals surface area contributed by atoms with E-state index in [1.807, 2.05) is 36.4 Å². The van der Waals surface area contributed by atoms with Gasteiger partial charge in [0.05, 0.1) is 0 Å². The fraction of sp³-hybridized carbons (Fsp3) is 0.167. The number of amides is 1. The first-order valence-corrected chi connectivity index (χ1v) is 7.57. The van der Waals surface area contributed by atoms with Gasteiger partial charge in [-0.1, -0.05) is 41.6 Å². The first-order chi connectivity index (χ1) is 11.7. The van der Waals surface area contributed by atoms with E-state index >= 15 is 0 Å². The third-order valence-corrected chi connectivity index (χ3v) is 3.55. The molecule has 6 heteroatoms. The van der Waals surface area contributed by atoms with Crippen LogP contribution in [0.15, 0.2) is 59.4 Å². The van der Waals surface area contributed by atoms with E-state index in [0.717, 1.165) is 11.1 Å². The maximum Gasteiger partial charge on any atom is 0.257 e. The molecule has 122 valence electrons. The molecular weight excluding hydrogens is 306 g/mol. The second kappa shape index (κ2) is 7.06. The van der Waals surface area contributed by atoms with Crippen LogP contribution in [0.3, 0.4) is 0 Å². The highest BCUT2D eigenvalue weighted by Gasteiger charge is 2.26. The third kappa shape index (κ3) is 3.33. The lowest BCUT2D eigenvalue weighted by Gasteiger charge is -2.08. The van der Waals surface area contributed by atoms with E-state index in [4.69, 9.17) is 4.52 Å². The molecule has 0 aliphatic heterocycles. The number of benzene rings is 1. The summed E-state index contributed by atoms with van der Waals surface area (Å²) in [5.41, 5.74) is 2.29. The van der Waals surface area contributed by atoms with Crippen molar-refractivity contribution in [1.82, 2.24) is 15.5 Å². The van der Waals surface area contributed by atoms with E-state index in [2.05, 4.69) is 15.5 Å². The predicted octanol–water partition coefficient (Wildman–Crippen LogP) is 2.72. The van der Waals surface area contributed by atoms with Crippen LogP contribution in [0.1, 0.15) is 34.7 Å². The van der Waals surface area contributed by atoms with Gasteiger partial charge in [-0.05, 0) is 18.6 Å². The number of hydrogen-bond acceptors (Lipinski definition) is 5. The van der Waals surface area contributed by atoms with Crippen molar-refractivity contribution in [2.45, 2.75) is 19.6 Å². The zero-order valence-electron chi connectivity index (χ0n) is 13.1. The van der Waals surface area contributed by atoms with Gasteiger partial charge in [0.2, 0.25) is 0 Å². The largest absolute Gasteiger partial charge is 0.385 e. The van der Waals surface area contributed by atoms with Gasteiger partial charge in [0.1, 0.15) is 17.4 Å². The number of carbonyl (C=O) groups excluding carboxylic acids is 1. The van der Waals surface area contributed by atoms with Crippen LogP contribution in [0.25, 0.3) is 11.3 Å². The molecule has 1 amide bonds. The molecule has 1 aromatic carbocycles. The van der Waals surface area contributed by atoms with E-state index in [1.165, 1.54) is 6.92 Å². The molecule has 24 heavy (non-hydrogen) atoms. The Balaban J connectivity index is 1.90. The molecular formula is C18H17N3O3. The number of aliphatic hydroxyl groups excluding tert-OH is 1. The normalized spacial score (nSPS) is 11.9. The number of rotatable bonds is 5. The molecule has 0 radical (unpaired) electrons. The van der Waals surface area contributed by atoms with Crippen LogP contribution in [0.2, 0.25) is 0 Å². The molecule has 2 heterocycles. The number of aromatic nitrogens is 2. The van der Waals surface area contributed by atoms with Crippen LogP contribution in [0.5, 0.6) is 0 Å². The maximum atomic E-state index is 12.7. The van der Waals surface area contributed by atoms with Crippen LogP contribution in [-0.2, 0) is 6.54 Å². The van der Waals surface area contributed by atoms with Crippen LogP contribution in [0, 0.1) is 0 Å². The summed E-state index contributed by atoms with van der Waals surface area (Å²) in [6, 6.07) is 12.9. The molecule has 3 aromatic rings. The van der Waals surface area contributed by atoms with Crippen LogP contribution in [-0.4, -0.2) is 21.2 Å². The first-order valence-electron chi connectivity index (χ1n) is 7.57. The minimum Gasteiger partial charge on any atom is -0.385 e. The first kappa shape index (κ1) is 15.9. The van der Waals surface area contributed by atoms with Crippen molar-refractivity contribution >= 4 is 5.91 Å². The highest BCUT2D eigenvalue weighted by Crippen LogP contribution is 2.29. The van der Waals surface area contributed by atoms with Crippen molar-refractivity contribution in [3.8, 4) is 11.3 Å². The summed E-state index contributed by atoms with van der Waals surface area (Å²) >= 11 is 0. The summed E-state index contributed by atoms with van der Waals surface area (Å²) in [6.45, 7) is 1.86. The monoisotopic (exact) mass is 323 g/mol. The summed E-state index contributed by atoms with van der Waals surface area (Å²) in [4.78, 5) is 16.7. The minimum atomic E-state index is -0.936. The van der Waals surface area contributed by atoms with Crippen molar-refractivity contribution in [3.05, 3.63) is 71.7 Å². The highest BCUT2D eigenvalue weighted by molar-refractivity contribution is 6.00. The number of nitrogens with zero attached hydrogens (tertiary/aromatic N) is 2. The van der Waals surface area contributed by atoms with Gasteiger partial charge >= 0.3 is 0 Å². The molecule has 2 aromatic heterocycles. The van der Waals surface area contributed by atoms with Crippen LogP contribution < -0.4 is 5.32 Å². The average Bonchev–Trinajstić information content (AvgIpc) is 3.07. The van der Waals surface area contributed by atoms with Crippen molar-refractivity contribution in [2.24, 2.45) is 0 Å². The average molecular weight is 323 g/mol. The SMILES string of the molecule is C[C@H](O)c1onc(-c2ccccc2)c1C(=O)NCc1cccnc1. The Morgan fingerprint density at radius 1 is 1.25 bits per heavy atom. The standard InChI is InChI=1S/C18H17N3O3/c1-12(22)17-15(16(21-24-17)14-7-3-2-4-8-14)18(23)20-11-13-6-5-9-19-10-13/h2-10,12,22H,11H2,1H3,(H,20,23)/t12-/m0/s1. The molecule has 3 rings (SSSR count). The second-order valence-corrected chi connectivity index (χ2v) is 5.36. The third-order valence-electron chi connectivity index (χ3n) is 3.55. The van der Waals surface area contributed by atoms with Gasteiger partial charge in [0.15, 0.2) is 5.76 Å². The van der Waals surface area contributed by atoms with Crippen molar-refractivity contribution in [3.63, 3.8) is 0 Å². The Morgan fingerprint density at radius 2 is 2.04 bits per heavy atom. The molecule has 1 atom stereocenters. The van der Waals surface area contributed by atoms with E-state index in [9.17, 15) is 9.90 Å². The predicted molar refractivity (Wildman–Crippen MR) is 88.0 cm³/mol. The smallest absolute Gasteiger partial charge is 0.257 e. The van der Waals surface area contributed by atoms with Gasteiger partial charge in [0, 0.05) is 24.5 Å². The molecule has 0 saturated heterocycles. The van der Waals surface area contributed by atoms with E-state index in [1.54, 1.807) is 18.5 Å². The molecule has 0 spiro atoms. The van der Waals surface area contributed by atoms with Crippen molar-refractivity contribution in [2.75, 3.05) is 0 Å². The molecule has 2 N–H and O–H groups in total. The summed E-state index contributed by atoms with van der Waals surface area (Å²) in [5.74, 6) is -0.201. The number of pyridine rings is 1. The Kier molecular flexibility index (Phi) is 4.67. The molecule has 0 bridgehead atoms. The Hall–Kier alpha value is -2.99. The summed E-state index contributed by atoms with van der Waals surface area (Å²) in [6.07, 6.45) is 2.42. The quantitative estimate of drug-likeness (QED) is 0.753. The van der Waals surface area contributed by atoms with Gasteiger partial charge in [-0.3, -0.25) is 9.78 Å². The van der Waals surface area contributed by atoms with Gasteiger partial charge in [-0.25, -0.2) is 0 Å². The molecule has 0 aliphatic rings. The molecule has 0 saturated carbocycles. The van der Waals surface area contributed by atoms with Gasteiger partial charge in [-0.15, -0.1) is 0 Å². The zero-order chi connectivity index (χ0) is 16.9. The maximum absolute atomic E-state index is 12.7.